The highest BCUT2D eigenvalue weighted by Crippen LogP contribution is 2.44. The zero-order valence-corrected chi connectivity index (χ0v) is 32.2. The van der Waals surface area contributed by atoms with Crippen molar-refractivity contribution in [1.29, 1.82) is 0 Å². The molecule has 0 aliphatic heterocycles. The van der Waals surface area contributed by atoms with Crippen molar-refractivity contribution in [3.8, 4) is 27.9 Å². The summed E-state index contributed by atoms with van der Waals surface area (Å²) in [6, 6.07) is 74.5. The van der Waals surface area contributed by atoms with Crippen LogP contribution in [0.3, 0.4) is 0 Å². The third-order valence-electron chi connectivity index (χ3n) is 11.6. The first-order chi connectivity index (χ1) is 28.8. The number of hydrogen-bond donors (Lipinski definition) is 0. The van der Waals surface area contributed by atoms with Gasteiger partial charge in [-0.25, -0.2) is 0 Å². The van der Waals surface area contributed by atoms with E-state index in [-0.39, 0.29) is 0 Å². The monoisotopic (exact) mass is 758 g/mol. The van der Waals surface area contributed by atoms with E-state index >= 15 is 0 Å². The van der Waals surface area contributed by atoms with Gasteiger partial charge in [0.05, 0.1) is 16.7 Å². The second-order valence-corrected chi connectivity index (χ2v) is 16.0. The van der Waals surface area contributed by atoms with Crippen LogP contribution in [0.4, 0.5) is 17.1 Å². The van der Waals surface area contributed by atoms with Gasteiger partial charge in [-0.1, -0.05) is 127 Å². The molecule has 12 aromatic rings. The second-order valence-electron chi connectivity index (χ2n) is 14.9. The van der Waals surface area contributed by atoms with Gasteiger partial charge in [-0.15, -0.1) is 11.3 Å². The van der Waals surface area contributed by atoms with Crippen molar-refractivity contribution < 1.29 is 4.42 Å². The summed E-state index contributed by atoms with van der Waals surface area (Å²) in [5.41, 5.74) is 13.3. The van der Waals surface area contributed by atoms with Crippen molar-refractivity contribution in [3.63, 3.8) is 0 Å². The number of nitrogens with zero attached hydrogens (tertiary/aromatic N) is 2. The second kappa shape index (κ2) is 13.1. The van der Waals surface area contributed by atoms with Crippen molar-refractivity contribution in [3.05, 3.63) is 206 Å². The van der Waals surface area contributed by atoms with E-state index in [2.05, 4.69) is 204 Å². The smallest absolute Gasteiger partial charge is 0.135 e. The van der Waals surface area contributed by atoms with Crippen molar-refractivity contribution in [2.75, 3.05) is 4.90 Å². The van der Waals surface area contributed by atoms with Crippen molar-refractivity contribution in [1.82, 2.24) is 4.57 Å². The van der Waals surface area contributed by atoms with Crippen LogP contribution in [0, 0.1) is 0 Å². The van der Waals surface area contributed by atoms with Crippen LogP contribution in [-0.2, 0) is 0 Å². The first-order valence-corrected chi connectivity index (χ1v) is 20.5. The normalized spacial score (nSPS) is 11.8. The summed E-state index contributed by atoms with van der Waals surface area (Å²) in [6.45, 7) is 0. The molecule has 0 saturated heterocycles. The number of para-hydroxylation sites is 4. The molecule has 0 saturated carbocycles. The molecular weight excluding hydrogens is 725 g/mol. The number of aromatic nitrogens is 1. The van der Waals surface area contributed by atoms with Crippen LogP contribution in [0.25, 0.3) is 91.9 Å². The molecule has 58 heavy (non-hydrogen) atoms. The zero-order valence-electron chi connectivity index (χ0n) is 31.3. The third kappa shape index (κ3) is 5.12. The number of anilines is 3. The Labute approximate surface area is 338 Å². The van der Waals surface area contributed by atoms with Gasteiger partial charge in [0, 0.05) is 64.3 Å². The molecule has 0 atom stereocenters. The number of fused-ring (bicyclic) bond motifs is 9. The summed E-state index contributed by atoms with van der Waals surface area (Å²) < 4.78 is 11.3. The highest BCUT2D eigenvalue weighted by Gasteiger charge is 2.20. The Morgan fingerprint density at radius 2 is 0.897 bits per heavy atom. The quantitative estimate of drug-likeness (QED) is 0.168. The highest BCUT2D eigenvalue weighted by atomic mass is 32.1. The summed E-state index contributed by atoms with van der Waals surface area (Å²) in [5, 5.41) is 7.29. The van der Waals surface area contributed by atoms with E-state index < -0.39 is 0 Å². The topological polar surface area (TPSA) is 21.3 Å². The van der Waals surface area contributed by atoms with Crippen molar-refractivity contribution in [2.45, 2.75) is 0 Å². The van der Waals surface area contributed by atoms with E-state index in [1.807, 2.05) is 23.5 Å². The Morgan fingerprint density at radius 1 is 0.362 bits per heavy atom. The molecule has 0 aliphatic carbocycles. The molecule has 3 nitrogen and oxygen atoms in total. The summed E-state index contributed by atoms with van der Waals surface area (Å²) in [5.74, 6) is 0. The van der Waals surface area contributed by atoms with Crippen LogP contribution in [0.2, 0.25) is 0 Å². The molecule has 0 amide bonds. The molecule has 0 spiro atoms. The van der Waals surface area contributed by atoms with Gasteiger partial charge in [0.1, 0.15) is 11.2 Å². The Morgan fingerprint density at radius 3 is 1.67 bits per heavy atom. The van der Waals surface area contributed by atoms with Gasteiger partial charge in [-0.3, -0.25) is 0 Å². The minimum Gasteiger partial charge on any atom is -0.456 e. The molecule has 0 N–H and O–H groups in total. The number of rotatable bonds is 6. The first kappa shape index (κ1) is 32.8. The highest BCUT2D eigenvalue weighted by molar-refractivity contribution is 7.25. The van der Waals surface area contributed by atoms with Crippen molar-refractivity contribution >= 4 is 92.3 Å². The van der Waals surface area contributed by atoms with Crippen LogP contribution in [0.15, 0.2) is 211 Å². The molecule has 9 aromatic carbocycles. The van der Waals surface area contributed by atoms with E-state index in [4.69, 9.17) is 4.42 Å². The molecule has 272 valence electrons. The molecule has 0 unspecified atom stereocenters. The maximum absolute atomic E-state index is 6.26. The van der Waals surface area contributed by atoms with Gasteiger partial charge >= 0.3 is 0 Å². The predicted octanol–water partition coefficient (Wildman–Crippen LogP) is 15.9. The minimum absolute atomic E-state index is 0.886. The lowest BCUT2D eigenvalue weighted by Crippen LogP contribution is -2.09. The molecule has 0 aliphatic rings. The number of benzene rings is 9. The summed E-state index contributed by atoms with van der Waals surface area (Å²) in [7, 11) is 0. The molecule has 3 aromatic heterocycles. The number of furan rings is 1. The Hall–Kier alpha value is -7.40. The molecule has 0 bridgehead atoms. The van der Waals surface area contributed by atoms with Gasteiger partial charge in [-0.2, -0.15) is 0 Å². The molecule has 3 heterocycles. The van der Waals surface area contributed by atoms with E-state index in [1.165, 1.54) is 58.7 Å². The van der Waals surface area contributed by atoms with E-state index in [0.717, 1.165) is 50.3 Å². The Bertz CT molecular complexity index is 3370. The van der Waals surface area contributed by atoms with Gasteiger partial charge in [0.2, 0.25) is 0 Å². The predicted molar refractivity (Wildman–Crippen MR) is 247 cm³/mol. The first-order valence-electron chi connectivity index (χ1n) is 19.7. The standard InChI is InChI=1S/C54H34N2OS/c1-2-14-40(41-15-3-8-20-48(41)56-49-21-9-4-16-42(49)43-17-5-10-22-50(43)56)39(13-1)35-25-27-36(28-26-35)55(37-29-31-52-46(33-37)44-18-6-11-23-51(44)57-52)38-30-32-54-47(34-38)45-19-7-12-24-53(45)58-54/h1-34H. The average Bonchev–Trinajstić information content (AvgIpc) is 3.96. The fourth-order valence-electron chi connectivity index (χ4n) is 8.99. The fraction of sp³-hybridized carbons (Fsp3) is 0. The summed E-state index contributed by atoms with van der Waals surface area (Å²) in [4.78, 5) is 2.38. The number of hydrogen-bond acceptors (Lipinski definition) is 3. The SMILES string of the molecule is c1ccc(-c2ccccc2-n2c3ccccc3c3ccccc32)c(-c2ccc(N(c3ccc4oc5ccccc5c4c3)c3ccc4sc5ccccc5c4c3)cc2)c1. The zero-order chi connectivity index (χ0) is 38.2. The lowest BCUT2D eigenvalue weighted by Gasteiger charge is -2.26. The van der Waals surface area contributed by atoms with E-state index in [9.17, 15) is 0 Å². The van der Waals surface area contributed by atoms with E-state index in [1.54, 1.807) is 0 Å². The molecule has 0 fully saturated rings. The third-order valence-corrected chi connectivity index (χ3v) is 12.8. The van der Waals surface area contributed by atoms with Gasteiger partial charge in [0.15, 0.2) is 0 Å². The lowest BCUT2D eigenvalue weighted by atomic mass is 9.93. The van der Waals surface area contributed by atoms with Crippen LogP contribution < -0.4 is 4.90 Å². The Kier molecular flexibility index (Phi) is 7.40. The maximum atomic E-state index is 6.26. The molecule has 0 radical (unpaired) electrons. The van der Waals surface area contributed by atoms with Crippen LogP contribution in [0.5, 0.6) is 0 Å². The van der Waals surface area contributed by atoms with Gasteiger partial charge in [-0.05, 0) is 95.6 Å². The maximum Gasteiger partial charge on any atom is 0.135 e. The fourth-order valence-corrected chi connectivity index (χ4v) is 10.1. The van der Waals surface area contributed by atoms with Crippen LogP contribution >= 0.6 is 11.3 Å². The van der Waals surface area contributed by atoms with Gasteiger partial charge in [0.25, 0.3) is 0 Å². The molecule has 4 heteroatoms. The molecular formula is C54H34N2OS. The average molecular weight is 759 g/mol. The minimum atomic E-state index is 0.886. The Balaban J connectivity index is 1.01. The summed E-state index contributed by atoms with van der Waals surface area (Å²) >= 11 is 1.85. The summed E-state index contributed by atoms with van der Waals surface area (Å²) in [6.07, 6.45) is 0. The largest absolute Gasteiger partial charge is 0.456 e. The van der Waals surface area contributed by atoms with E-state index in [0.29, 0.717) is 0 Å². The lowest BCUT2D eigenvalue weighted by molar-refractivity contribution is 0.669. The van der Waals surface area contributed by atoms with Crippen LogP contribution in [0.1, 0.15) is 0 Å². The molecule has 12 rings (SSSR count). The van der Waals surface area contributed by atoms with Crippen molar-refractivity contribution in [2.24, 2.45) is 0 Å². The van der Waals surface area contributed by atoms with Gasteiger partial charge < -0.3 is 13.9 Å². The van der Waals surface area contributed by atoms with Crippen LogP contribution in [-0.4, -0.2) is 4.57 Å². The number of thiophene rings is 1.